The van der Waals surface area contributed by atoms with Crippen molar-refractivity contribution in [3.05, 3.63) is 59.5 Å². The summed E-state index contributed by atoms with van der Waals surface area (Å²) in [7, 11) is 0. The van der Waals surface area contributed by atoms with Gasteiger partial charge in [0.05, 0.1) is 6.26 Å². The molecule has 1 heterocycles. The van der Waals surface area contributed by atoms with Gasteiger partial charge < -0.3 is 14.5 Å². The highest BCUT2D eigenvalue weighted by Crippen LogP contribution is 2.03. The molecule has 2 aromatic rings. The van der Waals surface area contributed by atoms with Crippen LogP contribution in [-0.4, -0.2) is 36.8 Å². The second kappa shape index (κ2) is 9.02. The summed E-state index contributed by atoms with van der Waals surface area (Å²) in [4.78, 5) is 46.4. The topological polar surface area (TPSA) is 127 Å². The van der Waals surface area contributed by atoms with Crippen LogP contribution in [-0.2, 0) is 14.3 Å². The summed E-state index contributed by atoms with van der Waals surface area (Å²) in [5.41, 5.74) is 5.48. The standard InChI is InChI=1S/C17H17N3O6/c1-11-4-2-5-12(8-11)16(23)18-9-15(22)26-10-14(21)19-20-17(24)13-6-3-7-25-13/h2-8H,9-10H2,1H3,(H,18,23)(H,19,21)(H,20,24). The quantitative estimate of drug-likeness (QED) is 0.504. The number of hydrazine groups is 1. The van der Waals surface area contributed by atoms with Crippen molar-refractivity contribution >= 4 is 23.7 Å². The van der Waals surface area contributed by atoms with Crippen LogP contribution in [0.3, 0.4) is 0 Å². The molecule has 0 aliphatic heterocycles. The van der Waals surface area contributed by atoms with Gasteiger partial charge in [0.1, 0.15) is 6.54 Å². The average Bonchev–Trinajstić information content (AvgIpc) is 3.17. The molecule has 0 bridgehead atoms. The first kappa shape index (κ1) is 18.7. The van der Waals surface area contributed by atoms with Crippen LogP contribution in [0.25, 0.3) is 0 Å². The minimum Gasteiger partial charge on any atom is -0.459 e. The van der Waals surface area contributed by atoms with Crippen LogP contribution in [0.5, 0.6) is 0 Å². The van der Waals surface area contributed by atoms with E-state index < -0.39 is 36.8 Å². The molecule has 1 aromatic carbocycles. The van der Waals surface area contributed by atoms with Gasteiger partial charge in [0, 0.05) is 5.56 Å². The number of ether oxygens (including phenoxy) is 1. The molecule has 0 saturated carbocycles. The van der Waals surface area contributed by atoms with E-state index in [4.69, 9.17) is 9.15 Å². The maximum Gasteiger partial charge on any atom is 0.325 e. The first-order chi connectivity index (χ1) is 12.5. The SMILES string of the molecule is Cc1cccc(C(=O)NCC(=O)OCC(=O)NNC(=O)c2ccco2)c1. The lowest BCUT2D eigenvalue weighted by molar-refractivity contribution is -0.147. The van der Waals surface area contributed by atoms with Gasteiger partial charge in [-0.2, -0.15) is 0 Å². The molecule has 0 radical (unpaired) electrons. The molecule has 9 heteroatoms. The van der Waals surface area contributed by atoms with E-state index in [0.717, 1.165) is 5.56 Å². The minimum absolute atomic E-state index is 0.0150. The first-order valence-electron chi connectivity index (χ1n) is 7.59. The number of furan rings is 1. The van der Waals surface area contributed by atoms with Crippen molar-refractivity contribution in [1.29, 1.82) is 0 Å². The molecule has 2 rings (SSSR count). The van der Waals surface area contributed by atoms with Crippen LogP contribution in [0.15, 0.2) is 47.1 Å². The van der Waals surface area contributed by atoms with E-state index in [0.29, 0.717) is 5.56 Å². The fraction of sp³-hybridized carbons (Fsp3) is 0.176. The average molecular weight is 359 g/mol. The van der Waals surface area contributed by atoms with Crippen LogP contribution in [0.2, 0.25) is 0 Å². The van der Waals surface area contributed by atoms with Gasteiger partial charge in [-0.25, -0.2) is 0 Å². The Morgan fingerprint density at radius 1 is 1.04 bits per heavy atom. The van der Waals surface area contributed by atoms with Crippen LogP contribution in [0.4, 0.5) is 0 Å². The van der Waals surface area contributed by atoms with Gasteiger partial charge >= 0.3 is 11.9 Å². The van der Waals surface area contributed by atoms with E-state index >= 15 is 0 Å². The fourth-order valence-corrected chi connectivity index (χ4v) is 1.87. The molecular formula is C17H17N3O6. The van der Waals surface area contributed by atoms with Crippen LogP contribution in [0.1, 0.15) is 26.5 Å². The molecule has 0 spiro atoms. The minimum atomic E-state index is -0.793. The maximum absolute atomic E-state index is 11.9. The zero-order valence-electron chi connectivity index (χ0n) is 13.9. The molecule has 0 saturated heterocycles. The van der Waals surface area contributed by atoms with Crippen LogP contribution in [0, 0.1) is 6.92 Å². The van der Waals surface area contributed by atoms with Gasteiger partial charge in [0.2, 0.25) is 0 Å². The molecule has 0 atom stereocenters. The second-order valence-electron chi connectivity index (χ2n) is 5.19. The summed E-state index contributed by atoms with van der Waals surface area (Å²) in [6.45, 7) is 0.838. The Morgan fingerprint density at radius 2 is 1.85 bits per heavy atom. The Kier molecular flexibility index (Phi) is 6.49. The van der Waals surface area contributed by atoms with Gasteiger partial charge in [-0.3, -0.25) is 30.0 Å². The molecule has 136 valence electrons. The Bertz CT molecular complexity index is 801. The Balaban J connectivity index is 1.65. The van der Waals surface area contributed by atoms with E-state index in [1.54, 1.807) is 18.2 Å². The highest BCUT2D eigenvalue weighted by atomic mass is 16.5. The van der Waals surface area contributed by atoms with Crippen molar-refractivity contribution in [2.45, 2.75) is 6.92 Å². The normalized spacial score (nSPS) is 9.88. The monoisotopic (exact) mass is 359 g/mol. The van der Waals surface area contributed by atoms with E-state index in [9.17, 15) is 19.2 Å². The number of hydrogen-bond donors (Lipinski definition) is 3. The molecule has 0 unspecified atom stereocenters. The van der Waals surface area contributed by atoms with Crippen LogP contribution >= 0.6 is 0 Å². The summed E-state index contributed by atoms with van der Waals surface area (Å²) in [6.07, 6.45) is 1.31. The third-order valence-corrected chi connectivity index (χ3v) is 3.10. The van der Waals surface area contributed by atoms with Gasteiger partial charge in [-0.1, -0.05) is 17.7 Å². The molecule has 26 heavy (non-hydrogen) atoms. The number of aryl methyl sites for hydroxylation is 1. The van der Waals surface area contributed by atoms with Crippen molar-refractivity contribution in [1.82, 2.24) is 16.2 Å². The lowest BCUT2D eigenvalue weighted by Gasteiger charge is -2.08. The van der Waals surface area contributed by atoms with Crippen molar-refractivity contribution in [3.8, 4) is 0 Å². The summed E-state index contributed by atoms with van der Waals surface area (Å²) < 4.78 is 9.53. The van der Waals surface area contributed by atoms with Gasteiger partial charge in [-0.15, -0.1) is 0 Å². The van der Waals surface area contributed by atoms with E-state index in [1.165, 1.54) is 18.4 Å². The highest BCUT2D eigenvalue weighted by molar-refractivity contribution is 5.96. The summed E-state index contributed by atoms with van der Waals surface area (Å²) in [5, 5.41) is 2.39. The van der Waals surface area contributed by atoms with E-state index in [-0.39, 0.29) is 5.76 Å². The molecule has 0 aliphatic carbocycles. The number of amides is 3. The summed E-state index contributed by atoms with van der Waals surface area (Å²) in [5.74, 6) is -2.61. The lowest BCUT2D eigenvalue weighted by Crippen LogP contribution is -2.44. The first-order valence-corrected chi connectivity index (χ1v) is 7.59. The number of nitrogens with one attached hydrogen (secondary N) is 3. The van der Waals surface area contributed by atoms with Crippen molar-refractivity contribution in [3.63, 3.8) is 0 Å². The number of esters is 1. The van der Waals surface area contributed by atoms with Crippen LogP contribution < -0.4 is 16.2 Å². The van der Waals surface area contributed by atoms with Gasteiger partial charge in [0.25, 0.3) is 11.8 Å². The van der Waals surface area contributed by atoms with Crippen molar-refractivity contribution < 1.29 is 28.3 Å². The maximum atomic E-state index is 11.9. The predicted octanol–water partition coefficient (Wildman–Crippen LogP) is 0.322. The van der Waals surface area contributed by atoms with Crippen molar-refractivity contribution in [2.24, 2.45) is 0 Å². The molecule has 1 aromatic heterocycles. The Morgan fingerprint density at radius 3 is 2.54 bits per heavy atom. The molecule has 3 N–H and O–H groups in total. The molecule has 0 fully saturated rings. The Labute approximate surface area is 148 Å². The second-order valence-corrected chi connectivity index (χ2v) is 5.19. The number of carbonyl (C=O) groups excluding carboxylic acids is 4. The number of carbonyl (C=O) groups is 4. The predicted molar refractivity (Wildman–Crippen MR) is 88.8 cm³/mol. The number of rotatable bonds is 6. The zero-order chi connectivity index (χ0) is 18.9. The Hall–Kier alpha value is -3.62. The molecule has 3 amide bonds. The van der Waals surface area contributed by atoms with Gasteiger partial charge in [0.15, 0.2) is 12.4 Å². The zero-order valence-corrected chi connectivity index (χ0v) is 13.9. The third kappa shape index (κ3) is 5.78. The number of hydrogen-bond acceptors (Lipinski definition) is 6. The number of benzene rings is 1. The largest absolute Gasteiger partial charge is 0.459 e. The molecule has 9 nitrogen and oxygen atoms in total. The lowest BCUT2D eigenvalue weighted by atomic mass is 10.1. The van der Waals surface area contributed by atoms with E-state index in [2.05, 4.69) is 16.2 Å². The van der Waals surface area contributed by atoms with E-state index in [1.807, 2.05) is 13.0 Å². The third-order valence-electron chi connectivity index (χ3n) is 3.10. The highest BCUT2D eigenvalue weighted by Gasteiger charge is 2.12. The summed E-state index contributed by atoms with van der Waals surface area (Å²) in [6, 6.07) is 9.79. The molecular weight excluding hydrogens is 342 g/mol. The smallest absolute Gasteiger partial charge is 0.325 e. The van der Waals surface area contributed by atoms with Gasteiger partial charge in [-0.05, 0) is 31.2 Å². The summed E-state index contributed by atoms with van der Waals surface area (Å²) >= 11 is 0. The fourth-order valence-electron chi connectivity index (χ4n) is 1.87. The molecule has 0 aliphatic rings. The van der Waals surface area contributed by atoms with Crippen molar-refractivity contribution in [2.75, 3.05) is 13.2 Å².